The van der Waals surface area contributed by atoms with Gasteiger partial charge in [0.05, 0.1) is 22.2 Å². The average Bonchev–Trinajstić information content (AvgIpc) is 2.59. The summed E-state index contributed by atoms with van der Waals surface area (Å²) in [5, 5.41) is 17.6. The monoisotopic (exact) mass is 344 g/mol. The largest absolute Gasteiger partial charge is 0.481 e. The van der Waals surface area contributed by atoms with Gasteiger partial charge in [-0.2, -0.15) is 5.26 Å². The minimum atomic E-state index is -3.76. The van der Waals surface area contributed by atoms with E-state index < -0.39 is 16.0 Å². The highest BCUT2D eigenvalue weighted by Crippen LogP contribution is 2.23. The summed E-state index contributed by atoms with van der Waals surface area (Å²) in [6.45, 7) is 0. The summed E-state index contributed by atoms with van der Waals surface area (Å²) in [6.07, 6.45) is 0.336. The van der Waals surface area contributed by atoms with Crippen LogP contribution >= 0.6 is 0 Å². The number of carboxylic acid groups (broad SMARTS) is 1. The van der Waals surface area contributed by atoms with Crippen molar-refractivity contribution in [3.63, 3.8) is 0 Å². The Balaban J connectivity index is 2.26. The van der Waals surface area contributed by atoms with Crippen LogP contribution in [0.15, 0.2) is 53.4 Å². The number of carboxylic acids is 1. The zero-order valence-corrected chi connectivity index (χ0v) is 13.8. The number of hydrogen-bond donors (Lipinski definition) is 1. The Hall–Kier alpha value is -2.85. The Bertz CT molecular complexity index is 884. The van der Waals surface area contributed by atoms with E-state index in [1.807, 2.05) is 6.07 Å². The highest BCUT2D eigenvalue weighted by atomic mass is 32.2. The molecule has 24 heavy (non-hydrogen) atoms. The third-order valence-electron chi connectivity index (χ3n) is 3.55. The van der Waals surface area contributed by atoms with Crippen LogP contribution in [-0.2, 0) is 21.2 Å². The van der Waals surface area contributed by atoms with Gasteiger partial charge in [-0.3, -0.25) is 9.10 Å². The number of benzene rings is 2. The van der Waals surface area contributed by atoms with Crippen LogP contribution in [0.2, 0.25) is 0 Å². The van der Waals surface area contributed by atoms with Gasteiger partial charge in [0, 0.05) is 13.5 Å². The third kappa shape index (κ3) is 3.91. The van der Waals surface area contributed by atoms with Crippen LogP contribution < -0.4 is 4.31 Å². The van der Waals surface area contributed by atoms with Gasteiger partial charge in [0.1, 0.15) is 0 Å². The van der Waals surface area contributed by atoms with Crippen LogP contribution in [0, 0.1) is 11.3 Å². The molecule has 124 valence electrons. The van der Waals surface area contributed by atoms with Gasteiger partial charge in [-0.05, 0) is 42.3 Å². The van der Waals surface area contributed by atoms with Crippen molar-refractivity contribution in [2.24, 2.45) is 0 Å². The fraction of sp³-hybridized carbons (Fsp3) is 0.176. The number of anilines is 1. The van der Waals surface area contributed by atoms with Gasteiger partial charge in [0.25, 0.3) is 10.0 Å². The van der Waals surface area contributed by atoms with Crippen LogP contribution in [0.3, 0.4) is 0 Å². The smallest absolute Gasteiger partial charge is 0.303 e. The van der Waals surface area contributed by atoms with Crippen molar-refractivity contribution >= 4 is 21.7 Å². The molecular weight excluding hydrogens is 328 g/mol. The van der Waals surface area contributed by atoms with Gasteiger partial charge >= 0.3 is 5.97 Å². The molecule has 0 radical (unpaired) electrons. The van der Waals surface area contributed by atoms with Crippen molar-refractivity contribution < 1.29 is 18.3 Å². The first-order valence-electron chi connectivity index (χ1n) is 7.14. The molecule has 2 aromatic rings. The quantitative estimate of drug-likeness (QED) is 0.867. The molecule has 7 heteroatoms. The van der Waals surface area contributed by atoms with Crippen LogP contribution in [0.5, 0.6) is 0 Å². The molecule has 2 rings (SSSR count). The molecule has 0 aliphatic rings. The number of nitrogens with zero attached hydrogens (tertiary/aromatic N) is 2. The van der Waals surface area contributed by atoms with Crippen LogP contribution in [0.25, 0.3) is 0 Å². The van der Waals surface area contributed by atoms with E-state index in [-0.39, 0.29) is 11.3 Å². The normalized spacial score (nSPS) is 10.8. The van der Waals surface area contributed by atoms with E-state index in [1.54, 1.807) is 30.3 Å². The summed E-state index contributed by atoms with van der Waals surface area (Å²) in [6, 6.07) is 14.4. The third-order valence-corrected chi connectivity index (χ3v) is 5.35. The predicted octanol–water partition coefficient (Wildman–Crippen LogP) is 2.40. The topological polar surface area (TPSA) is 98.5 Å². The molecule has 0 heterocycles. The average molecular weight is 344 g/mol. The second-order valence-electron chi connectivity index (χ2n) is 5.17. The Labute approximate surface area is 140 Å². The summed E-state index contributed by atoms with van der Waals surface area (Å²) in [4.78, 5) is 10.7. The second kappa shape index (κ2) is 7.15. The standard InChI is InChI=1S/C17H16N2O4S/c1-19(15-4-2-3-14(11-15)12-18)24(22,23)16-8-5-13(6-9-16)7-10-17(20)21/h2-6,8-9,11H,7,10H2,1H3,(H,20,21). The molecule has 0 fully saturated rings. The van der Waals surface area contributed by atoms with Gasteiger partial charge in [-0.15, -0.1) is 0 Å². The first-order valence-corrected chi connectivity index (χ1v) is 8.58. The summed E-state index contributed by atoms with van der Waals surface area (Å²) in [5.41, 5.74) is 1.52. The zero-order valence-electron chi connectivity index (χ0n) is 13.0. The molecule has 0 bridgehead atoms. The number of carbonyl (C=O) groups is 1. The maximum Gasteiger partial charge on any atom is 0.303 e. The van der Waals surface area contributed by atoms with Crippen molar-refractivity contribution in [1.29, 1.82) is 5.26 Å². The molecular formula is C17H16N2O4S. The zero-order chi connectivity index (χ0) is 17.7. The summed E-state index contributed by atoms with van der Waals surface area (Å²) < 4.78 is 26.4. The molecule has 0 amide bonds. The van der Waals surface area contributed by atoms with Gasteiger partial charge in [0.2, 0.25) is 0 Å². The highest BCUT2D eigenvalue weighted by Gasteiger charge is 2.21. The van der Waals surface area contributed by atoms with Crippen molar-refractivity contribution in [2.75, 3.05) is 11.4 Å². The number of hydrogen-bond acceptors (Lipinski definition) is 4. The lowest BCUT2D eigenvalue weighted by Crippen LogP contribution is -2.26. The number of aryl methyl sites for hydroxylation is 1. The molecule has 0 aliphatic heterocycles. The fourth-order valence-corrected chi connectivity index (χ4v) is 3.33. The minimum absolute atomic E-state index is 0.00699. The van der Waals surface area contributed by atoms with Crippen molar-refractivity contribution in [2.45, 2.75) is 17.7 Å². The first-order chi connectivity index (χ1) is 11.3. The van der Waals surface area contributed by atoms with E-state index in [0.717, 1.165) is 9.87 Å². The van der Waals surface area contributed by atoms with Gasteiger partial charge < -0.3 is 5.11 Å². The molecule has 0 unspecified atom stereocenters. The Morgan fingerprint density at radius 2 is 1.88 bits per heavy atom. The molecule has 0 spiro atoms. The Morgan fingerprint density at radius 1 is 1.21 bits per heavy atom. The fourth-order valence-electron chi connectivity index (χ4n) is 2.15. The lowest BCUT2D eigenvalue weighted by atomic mass is 10.1. The lowest BCUT2D eigenvalue weighted by Gasteiger charge is -2.19. The van der Waals surface area contributed by atoms with Crippen LogP contribution in [0.1, 0.15) is 17.5 Å². The molecule has 0 aliphatic carbocycles. The SMILES string of the molecule is CN(c1cccc(C#N)c1)S(=O)(=O)c1ccc(CCC(=O)O)cc1. The van der Waals surface area contributed by atoms with E-state index >= 15 is 0 Å². The molecule has 0 saturated carbocycles. The maximum absolute atomic E-state index is 12.7. The highest BCUT2D eigenvalue weighted by molar-refractivity contribution is 7.92. The summed E-state index contributed by atoms with van der Waals surface area (Å²) in [7, 11) is -2.34. The predicted molar refractivity (Wildman–Crippen MR) is 89.1 cm³/mol. The number of rotatable bonds is 6. The van der Waals surface area contributed by atoms with Gasteiger partial charge in [-0.1, -0.05) is 18.2 Å². The molecule has 2 aromatic carbocycles. The van der Waals surface area contributed by atoms with E-state index in [2.05, 4.69) is 0 Å². The van der Waals surface area contributed by atoms with E-state index in [1.165, 1.54) is 25.2 Å². The van der Waals surface area contributed by atoms with E-state index in [4.69, 9.17) is 10.4 Å². The molecule has 0 aromatic heterocycles. The molecule has 1 N–H and O–H groups in total. The number of sulfonamides is 1. The van der Waals surface area contributed by atoms with Crippen molar-refractivity contribution in [1.82, 2.24) is 0 Å². The maximum atomic E-state index is 12.7. The van der Waals surface area contributed by atoms with Crippen LogP contribution in [-0.4, -0.2) is 26.5 Å². The molecule has 0 atom stereocenters. The number of aliphatic carboxylic acids is 1. The molecule has 6 nitrogen and oxygen atoms in total. The van der Waals surface area contributed by atoms with Gasteiger partial charge in [0.15, 0.2) is 0 Å². The second-order valence-corrected chi connectivity index (χ2v) is 7.14. The Kier molecular flexibility index (Phi) is 5.21. The van der Waals surface area contributed by atoms with E-state index in [9.17, 15) is 13.2 Å². The van der Waals surface area contributed by atoms with Crippen molar-refractivity contribution in [3.05, 3.63) is 59.7 Å². The lowest BCUT2D eigenvalue weighted by molar-refractivity contribution is -0.136. The van der Waals surface area contributed by atoms with Crippen molar-refractivity contribution in [3.8, 4) is 6.07 Å². The van der Waals surface area contributed by atoms with Gasteiger partial charge in [-0.25, -0.2) is 8.42 Å². The van der Waals surface area contributed by atoms with Crippen LogP contribution in [0.4, 0.5) is 5.69 Å². The number of nitriles is 1. The summed E-state index contributed by atoms with van der Waals surface area (Å²) in [5.74, 6) is -0.899. The summed E-state index contributed by atoms with van der Waals surface area (Å²) >= 11 is 0. The molecule has 0 saturated heterocycles. The minimum Gasteiger partial charge on any atom is -0.481 e. The van der Waals surface area contributed by atoms with E-state index in [0.29, 0.717) is 17.7 Å². The first kappa shape index (κ1) is 17.5. The Morgan fingerprint density at radius 3 is 2.46 bits per heavy atom.